The molecule has 2 N–H and O–H groups in total. The van der Waals surface area contributed by atoms with Gasteiger partial charge in [0.1, 0.15) is 0 Å². The van der Waals surface area contributed by atoms with E-state index in [0.29, 0.717) is 6.54 Å². The monoisotopic (exact) mass is 292 g/mol. The van der Waals surface area contributed by atoms with Crippen molar-refractivity contribution in [1.29, 1.82) is 0 Å². The van der Waals surface area contributed by atoms with Crippen LogP contribution in [0, 0.1) is 0 Å². The number of aromatic nitrogens is 3. The molecule has 0 spiro atoms. The van der Waals surface area contributed by atoms with Gasteiger partial charge in [-0.25, -0.2) is 4.98 Å². The molecule has 0 radical (unpaired) electrons. The van der Waals surface area contributed by atoms with Crippen LogP contribution in [0.1, 0.15) is 11.6 Å². The molecule has 0 aromatic carbocycles. The highest BCUT2D eigenvalue weighted by Crippen LogP contribution is 2.24. The Balaban J connectivity index is 1.64. The van der Waals surface area contributed by atoms with Crippen LogP contribution in [-0.4, -0.2) is 52.4 Å². The molecule has 1 aliphatic rings. The number of piperazine rings is 1. The van der Waals surface area contributed by atoms with Crippen molar-refractivity contribution in [3.8, 4) is 0 Å². The maximum atomic E-state index is 5.97. The van der Waals surface area contributed by atoms with Crippen LogP contribution in [-0.2, 0) is 7.05 Å². The highest BCUT2D eigenvalue weighted by molar-refractivity contribution is 7.13. The van der Waals surface area contributed by atoms with Gasteiger partial charge >= 0.3 is 0 Å². The molecule has 1 unspecified atom stereocenters. The number of aryl methyl sites for hydroxylation is 1. The van der Waals surface area contributed by atoms with Crippen LogP contribution in [0.15, 0.2) is 24.0 Å². The van der Waals surface area contributed by atoms with Gasteiger partial charge in [0.2, 0.25) is 0 Å². The Kier molecular flexibility index (Phi) is 4.00. The van der Waals surface area contributed by atoms with Crippen LogP contribution < -0.4 is 10.6 Å². The third-order valence-electron chi connectivity index (χ3n) is 3.78. The first-order chi connectivity index (χ1) is 9.78. The lowest BCUT2D eigenvalue weighted by Gasteiger charge is -2.38. The quantitative estimate of drug-likeness (QED) is 0.899. The highest BCUT2D eigenvalue weighted by atomic mass is 32.1. The van der Waals surface area contributed by atoms with Gasteiger partial charge in [-0.1, -0.05) is 0 Å². The first kappa shape index (κ1) is 13.5. The van der Waals surface area contributed by atoms with Gasteiger partial charge in [0.15, 0.2) is 5.13 Å². The van der Waals surface area contributed by atoms with E-state index in [-0.39, 0.29) is 6.04 Å². The fraction of sp³-hybridized carbons (Fsp3) is 0.538. The molecule has 3 heterocycles. The molecule has 20 heavy (non-hydrogen) atoms. The molecule has 0 aliphatic carbocycles. The van der Waals surface area contributed by atoms with E-state index >= 15 is 0 Å². The van der Waals surface area contributed by atoms with Crippen molar-refractivity contribution in [2.24, 2.45) is 12.8 Å². The molecule has 0 amide bonds. The van der Waals surface area contributed by atoms with Gasteiger partial charge in [-0.2, -0.15) is 5.10 Å². The molecule has 108 valence electrons. The van der Waals surface area contributed by atoms with E-state index in [1.54, 1.807) is 11.3 Å². The maximum Gasteiger partial charge on any atom is 0.185 e. The summed E-state index contributed by atoms with van der Waals surface area (Å²) in [6.07, 6.45) is 5.85. The zero-order valence-electron chi connectivity index (χ0n) is 11.6. The molecule has 2 aromatic heterocycles. The second-order valence-corrected chi connectivity index (χ2v) is 5.91. The first-order valence-corrected chi connectivity index (χ1v) is 7.73. The first-order valence-electron chi connectivity index (χ1n) is 6.85. The molecular weight excluding hydrogens is 272 g/mol. The Hall–Kier alpha value is -1.44. The van der Waals surface area contributed by atoms with Gasteiger partial charge < -0.3 is 10.6 Å². The lowest BCUT2D eigenvalue weighted by atomic mass is 10.1. The number of nitrogens with zero attached hydrogens (tertiary/aromatic N) is 5. The summed E-state index contributed by atoms with van der Waals surface area (Å²) in [4.78, 5) is 9.17. The van der Waals surface area contributed by atoms with Crippen LogP contribution in [0.25, 0.3) is 0 Å². The molecule has 1 fully saturated rings. The standard InChI is InChI=1S/C13H20N6S/c1-17-10-11(9-16-17)12(8-14)18-3-5-19(6-4-18)13-15-2-7-20-13/h2,7,9-10,12H,3-6,8,14H2,1H3. The van der Waals surface area contributed by atoms with Crippen molar-refractivity contribution in [1.82, 2.24) is 19.7 Å². The Morgan fingerprint density at radius 3 is 2.70 bits per heavy atom. The van der Waals surface area contributed by atoms with Gasteiger partial charge in [0.05, 0.1) is 12.2 Å². The van der Waals surface area contributed by atoms with Crippen molar-refractivity contribution in [2.75, 3.05) is 37.6 Å². The van der Waals surface area contributed by atoms with E-state index < -0.39 is 0 Å². The second-order valence-electron chi connectivity index (χ2n) is 5.04. The van der Waals surface area contributed by atoms with E-state index in [0.717, 1.165) is 31.3 Å². The zero-order chi connectivity index (χ0) is 13.9. The molecule has 0 bridgehead atoms. The fourth-order valence-corrected chi connectivity index (χ4v) is 3.40. The van der Waals surface area contributed by atoms with E-state index in [1.807, 2.05) is 29.5 Å². The van der Waals surface area contributed by atoms with Crippen LogP contribution in [0.5, 0.6) is 0 Å². The van der Waals surface area contributed by atoms with Crippen molar-refractivity contribution in [3.63, 3.8) is 0 Å². The largest absolute Gasteiger partial charge is 0.346 e. The Labute approximate surface area is 122 Å². The lowest BCUT2D eigenvalue weighted by molar-refractivity contribution is 0.190. The number of hydrogen-bond acceptors (Lipinski definition) is 6. The average molecular weight is 292 g/mol. The van der Waals surface area contributed by atoms with E-state index in [4.69, 9.17) is 5.73 Å². The molecular formula is C13H20N6S. The molecule has 2 aromatic rings. The van der Waals surface area contributed by atoms with E-state index in [2.05, 4.69) is 26.1 Å². The number of thiazole rings is 1. The van der Waals surface area contributed by atoms with Crippen LogP contribution in [0.4, 0.5) is 5.13 Å². The highest BCUT2D eigenvalue weighted by Gasteiger charge is 2.25. The molecule has 6 nitrogen and oxygen atoms in total. The zero-order valence-corrected chi connectivity index (χ0v) is 12.5. The second kappa shape index (κ2) is 5.90. The summed E-state index contributed by atoms with van der Waals surface area (Å²) in [5, 5.41) is 7.40. The third kappa shape index (κ3) is 2.70. The fourth-order valence-electron chi connectivity index (χ4n) is 2.71. The van der Waals surface area contributed by atoms with Gasteiger partial charge in [0.25, 0.3) is 0 Å². The molecule has 1 saturated heterocycles. The van der Waals surface area contributed by atoms with Gasteiger partial charge in [-0.15, -0.1) is 11.3 Å². The van der Waals surface area contributed by atoms with Gasteiger partial charge in [0, 0.05) is 63.1 Å². The maximum absolute atomic E-state index is 5.97. The number of nitrogens with two attached hydrogens (primary N) is 1. The van der Waals surface area contributed by atoms with Crippen molar-refractivity contribution < 1.29 is 0 Å². The summed E-state index contributed by atoms with van der Waals surface area (Å²) in [5.74, 6) is 0. The third-order valence-corrected chi connectivity index (χ3v) is 4.61. The minimum Gasteiger partial charge on any atom is -0.346 e. The Morgan fingerprint density at radius 1 is 1.35 bits per heavy atom. The summed E-state index contributed by atoms with van der Waals surface area (Å²) < 4.78 is 1.84. The van der Waals surface area contributed by atoms with Crippen molar-refractivity contribution >= 4 is 16.5 Å². The minimum atomic E-state index is 0.266. The van der Waals surface area contributed by atoms with Crippen molar-refractivity contribution in [2.45, 2.75) is 6.04 Å². The predicted octanol–water partition coefficient (Wildman–Crippen LogP) is 0.699. The molecule has 1 aliphatic heterocycles. The van der Waals surface area contributed by atoms with Gasteiger partial charge in [-0.05, 0) is 0 Å². The number of rotatable bonds is 4. The molecule has 0 saturated carbocycles. The minimum absolute atomic E-state index is 0.266. The SMILES string of the molecule is Cn1cc(C(CN)N2CCN(c3nccs3)CC2)cn1. The average Bonchev–Trinajstić information content (AvgIpc) is 3.12. The summed E-state index contributed by atoms with van der Waals surface area (Å²) >= 11 is 1.70. The molecule has 1 atom stereocenters. The summed E-state index contributed by atoms with van der Waals surface area (Å²) in [6, 6.07) is 0.266. The summed E-state index contributed by atoms with van der Waals surface area (Å²) in [6.45, 7) is 4.66. The smallest absolute Gasteiger partial charge is 0.185 e. The molecule has 7 heteroatoms. The lowest BCUT2D eigenvalue weighted by Crippen LogP contribution is -2.49. The Bertz CT molecular complexity index is 529. The van der Waals surface area contributed by atoms with Gasteiger partial charge in [-0.3, -0.25) is 9.58 Å². The van der Waals surface area contributed by atoms with Crippen LogP contribution in [0.2, 0.25) is 0 Å². The van der Waals surface area contributed by atoms with Crippen LogP contribution in [0.3, 0.4) is 0 Å². The topological polar surface area (TPSA) is 63.2 Å². The predicted molar refractivity (Wildman–Crippen MR) is 80.9 cm³/mol. The van der Waals surface area contributed by atoms with Crippen molar-refractivity contribution in [3.05, 3.63) is 29.5 Å². The number of anilines is 1. The summed E-state index contributed by atoms with van der Waals surface area (Å²) in [5.41, 5.74) is 7.18. The summed E-state index contributed by atoms with van der Waals surface area (Å²) in [7, 11) is 1.94. The normalized spacial score (nSPS) is 18.4. The molecule has 3 rings (SSSR count). The Morgan fingerprint density at radius 2 is 2.15 bits per heavy atom. The van der Waals surface area contributed by atoms with E-state index in [9.17, 15) is 0 Å². The van der Waals surface area contributed by atoms with E-state index in [1.165, 1.54) is 5.56 Å². The number of hydrogen-bond donors (Lipinski definition) is 1. The van der Waals surface area contributed by atoms with Crippen LogP contribution >= 0.6 is 11.3 Å².